The minimum absolute atomic E-state index is 0.0657. The lowest BCUT2D eigenvalue weighted by Gasteiger charge is -2.38. The van der Waals surface area contributed by atoms with Gasteiger partial charge >= 0.3 is 0 Å². The Labute approximate surface area is 96.6 Å². The SMILES string of the molecule is C=CC(=O)N1CC(CCc2ccccc2)C1. The van der Waals surface area contributed by atoms with Gasteiger partial charge in [0.2, 0.25) is 5.91 Å². The third-order valence-corrected chi connectivity index (χ3v) is 3.13. The molecular weight excluding hydrogens is 198 g/mol. The molecule has 0 saturated carbocycles. The summed E-state index contributed by atoms with van der Waals surface area (Å²) < 4.78 is 0. The van der Waals surface area contributed by atoms with Crippen molar-refractivity contribution >= 4 is 5.91 Å². The van der Waals surface area contributed by atoms with Crippen molar-refractivity contribution < 1.29 is 4.79 Å². The van der Waals surface area contributed by atoms with E-state index in [4.69, 9.17) is 0 Å². The number of hydrogen-bond donors (Lipinski definition) is 0. The second kappa shape index (κ2) is 4.97. The van der Waals surface area contributed by atoms with Crippen LogP contribution in [0.4, 0.5) is 0 Å². The molecule has 1 aromatic carbocycles. The highest BCUT2D eigenvalue weighted by Gasteiger charge is 2.28. The lowest BCUT2D eigenvalue weighted by atomic mass is 9.92. The van der Waals surface area contributed by atoms with Crippen molar-refractivity contribution in [2.45, 2.75) is 12.8 Å². The largest absolute Gasteiger partial charge is 0.338 e. The van der Waals surface area contributed by atoms with Crippen molar-refractivity contribution in [1.82, 2.24) is 4.90 Å². The van der Waals surface area contributed by atoms with Gasteiger partial charge in [-0.15, -0.1) is 0 Å². The molecule has 1 fully saturated rings. The van der Waals surface area contributed by atoms with Crippen molar-refractivity contribution in [2.75, 3.05) is 13.1 Å². The zero-order valence-electron chi connectivity index (χ0n) is 9.43. The van der Waals surface area contributed by atoms with Crippen molar-refractivity contribution in [3.05, 3.63) is 48.6 Å². The molecule has 1 aromatic rings. The van der Waals surface area contributed by atoms with Gasteiger partial charge in [0.05, 0.1) is 0 Å². The molecule has 2 heteroatoms. The molecule has 16 heavy (non-hydrogen) atoms. The Kier molecular flexibility index (Phi) is 3.40. The first kappa shape index (κ1) is 10.9. The van der Waals surface area contributed by atoms with E-state index in [-0.39, 0.29) is 5.91 Å². The second-order valence-electron chi connectivity index (χ2n) is 4.34. The molecule has 0 aliphatic carbocycles. The molecule has 0 unspecified atom stereocenters. The van der Waals surface area contributed by atoms with Crippen LogP contribution in [0, 0.1) is 5.92 Å². The van der Waals surface area contributed by atoms with Crippen molar-refractivity contribution in [2.24, 2.45) is 5.92 Å². The van der Waals surface area contributed by atoms with Gasteiger partial charge in [-0.05, 0) is 30.4 Å². The number of aryl methyl sites for hydroxylation is 1. The minimum atomic E-state index is 0.0657. The number of likely N-dealkylation sites (tertiary alicyclic amines) is 1. The van der Waals surface area contributed by atoms with Gasteiger partial charge in [0, 0.05) is 13.1 Å². The second-order valence-corrected chi connectivity index (χ2v) is 4.34. The number of hydrogen-bond acceptors (Lipinski definition) is 1. The van der Waals surface area contributed by atoms with Gasteiger partial charge < -0.3 is 4.90 Å². The van der Waals surface area contributed by atoms with Gasteiger partial charge in [0.15, 0.2) is 0 Å². The zero-order valence-corrected chi connectivity index (χ0v) is 9.43. The lowest BCUT2D eigenvalue weighted by Crippen LogP contribution is -2.49. The highest BCUT2D eigenvalue weighted by atomic mass is 16.2. The smallest absolute Gasteiger partial charge is 0.245 e. The summed E-state index contributed by atoms with van der Waals surface area (Å²) >= 11 is 0. The quantitative estimate of drug-likeness (QED) is 0.705. The fourth-order valence-electron chi connectivity index (χ4n) is 2.08. The van der Waals surface area contributed by atoms with E-state index in [2.05, 4.69) is 30.8 Å². The molecule has 84 valence electrons. The maximum absolute atomic E-state index is 11.2. The van der Waals surface area contributed by atoms with Crippen LogP contribution in [0.3, 0.4) is 0 Å². The summed E-state index contributed by atoms with van der Waals surface area (Å²) in [7, 11) is 0. The summed E-state index contributed by atoms with van der Waals surface area (Å²) in [5.74, 6) is 0.736. The van der Waals surface area contributed by atoms with E-state index in [0.29, 0.717) is 5.92 Å². The Hall–Kier alpha value is -1.57. The number of nitrogens with zero attached hydrogens (tertiary/aromatic N) is 1. The van der Waals surface area contributed by atoms with Crippen LogP contribution >= 0.6 is 0 Å². The normalized spacial score (nSPS) is 15.6. The topological polar surface area (TPSA) is 20.3 Å². The van der Waals surface area contributed by atoms with Crippen LogP contribution in [0.15, 0.2) is 43.0 Å². The van der Waals surface area contributed by atoms with Crippen LogP contribution in [0.1, 0.15) is 12.0 Å². The minimum Gasteiger partial charge on any atom is -0.338 e. The van der Waals surface area contributed by atoms with E-state index in [1.165, 1.54) is 18.1 Å². The molecule has 1 heterocycles. The van der Waals surface area contributed by atoms with E-state index in [9.17, 15) is 4.79 Å². The third kappa shape index (κ3) is 2.51. The Morgan fingerprint density at radius 2 is 2.06 bits per heavy atom. The van der Waals surface area contributed by atoms with Gasteiger partial charge in [0.25, 0.3) is 0 Å². The van der Waals surface area contributed by atoms with Gasteiger partial charge in [0.1, 0.15) is 0 Å². The van der Waals surface area contributed by atoms with Gasteiger partial charge in [-0.3, -0.25) is 4.79 Å². The maximum atomic E-state index is 11.2. The molecule has 0 spiro atoms. The average molecular weight is 215 g/mol. The average Bonchev–Trinajstić information content (AvgIpc) is 2.28. The summed E-state index contributed by atoms with van der Waals surface area (Å²) in [6.07, 6.45) is 3.68. The van der Waals surface area contributed by atoms with Crippen molar-refractivity contribution in [3.8, 4) is 0 Å². The predicted octanol–water partition coefficient (Wildman–Crippen LogP) is 2.26. The molecule has 0 atom stereocenters. The number of rotatable bonds is 4. The van der Waals surface area contributed by atoms with E-state index in [1.807, 2.05) is 11.0 Å². The van der Waals surface area contributed by atoms with Crippen LogP contribution in [0.25, 0.3) is 0 Å². The number of carbonyl (C=O) groups excluding carboxylic acids is 1. The molecular formula is C14H17NO. The molecule has 1 aliphatic heterocycles. The first-order valence-corrected chi connectivity index (χ1v) is 5.75. The van der Waals surface area contributed by atoms with E-state index in [0.717, 1.165) is 19.5 Å². The fourth-order valence-corrected chi connectivity index (χ4v) is 2.08. The zero-order chi connectivity index (χ0) is 11.4. The van der Waals surface area contributed by atoms with Gasteiger partial charge in [-0.1, -0.05) is 36.9 Å². The highest BCUT2D eigenvalue weighted by molar-refractivity contribution is 5.87. The molecule has 1 amide bonds. The summed E-state index contributed by atoms with van der Waals surface area (Å²) in [6, 6.07) is 10.5. The van der Waals surface area contributed by atoms with Gasteiger partial charge in [-0.25, -0.2) is 0 Å². The van der Waals surface area contributed by atoms with E-state index in [1.54, 1.807) is 0 Å². The van der Waals surface area contributed by atoms with Crippen LogP contribution in [-0.2, 0) is 11.2 Å². The van der Waals surface area contributed by atoms with E-state index < -0.39 is 0 Å². The van der Waals surface area contributed by atoms with Crippen LogP contribution in [-0.4, -0.2) is 23.9 Å². The maximum Gasteiger partial charge on any atom is 0.245 e. The van der Waals surface area contributed by atoms with Crippen molar-refractivity contribution in [3.63, 3.8) is 0 Å². The molecule has 2 nitrogen and oxygen atoms in total. The van der Waals surface area contributed by atoms with Crippen LogP contribution in [0.2, 0.25) is 0 Å². The van der Waals surface area contributed by atoms with Gasteiger partial charge in [-0.2, -0.15) is 0 Å². The number of benzene rings is 1. The molecule has 0 radical (unpaired) electrons. The number of amides is 1. The first-order chi connectivity index (χ1) is 7.79. The molecule has 0 aromatic heterocycles. The van der Waals surface area contributed by atoms with E-state index >= 15 is 0 Å². The Balaban J connectivity index is 1.71. The highest BCUT2D eigenvalue weighted by Crippen LogP contribution is 2.21. The summed E-state index contributed by atoms with van der Waals surface area (Å²) in [5.41, 5.74) is 1.39. The lowest BCUT2D eigenvalue weighted by molar-refractivity contribution is -0.132. The van der Waals surface area contributed by atoms with Crippen LogP contribution in [0.5, 0.6) is 0 Å². The predicted molar refractivity (Wildman–Crippen MR) is 65.0 cm³/mol. The van der Waals surface area contributed by atoms with Crippen molar-refractivity contribution in [1.29, 1.82) is 0 Å². The Morgan fingerprint density at radius 3 is 2.69 bits per heavy atom. The summed E-state index contributed by atoms with van der Waals surface area (Å²) in [6.45, 7) is 5.29. The monoisotopic (exact) mass is 215 g/mol. The molecule has 1 aliphatic rings. The molecule has 0 bridgehead atoms. The Morgan fingerprint density at radius 1 is 1.38 bits per heavy atom. The molecule has 2 rings (SSSR count). The fraction of sp³-hybridized carbons (Fsp3) is 0.357. The molecule has 1 saturated heterocycles. The molecule has 0 N–H and O–H groups in total. The first-order valence-electron chi connectivity index (χ1n) is 5.75. The van der Waals surface area contributed by atoms with Crippen LogP contribution < -0.4 is 0 Å². The Bertz CT molecular complexity index is 366. The number of carbonyl (C=O) groups is 1. The standard InChI is InChI=1S/C14H17NO/c1-2-14(16)15-10-13(11-15)9-8-12-6-4-3-5-7-12/h2-7,13H,1,8-11H2. The summed E-state index contributed by atoms with van der Waals surface area (Å²) in [4.78, 5) is 13.1. The summed E-state index contributed by atoms with van der Waals surface area (Å²) in [5, 5.41) is 0. The third-order valence-electron chi connectivity index (χ3n) is 3.13.